The SMILES string of the molecule is CN1C(=O)C(F)=C[C@]2(C)[C@H]3CC[C@]4(C)[C@@H](O)/C(=C/c5cncnc5)C[C@H]4[C@@H]3CC[C@@H]12. The summed E-state index contributed by atoms with van der Waals surface area (Å²) >= 11 is 0. The molecule has 0 aromatic carbocycles. The van der Waals surface area contributed by atoms with E-state index in [0.29, 0.717) is 17.8 Å². The Hall–Kier alpha value is -2.08. The van der Waals surface area contributed by atoms with Crippen LogP contribution in [0.1, 0.15) is 51.5 Å². The van der Waals surface area contributed by atoms with E-state index in [9.17, 15) is 14.3 Å². The molecular formula is C24H30FN3O2. The van der Waals surface area contributed by atoms with Crippen LogP contribution in [-0.2, 0) is 4.79 Å². The molecular weight excluding hydrogens is 381 g/mol. The summed E-state index contributed by atoms with van der Waals surface area (Å²) in [6, 6.07) is 0.0536. The van der Waals surface area contributed by atoms with Crippen molar-refractivity contribution in [2.45, 2.75) is 58.1 Å². The maximum atomic E-state index is 14.5. The number of amides is 1. The number of rotatable bonds is 1. The highest BCUT2D eigenvalue weighted by Crippen LogP contribution is 2.65. The van der Waals surface area contributed by atoms with Crippen molar-refractivity contribution < 1.29 is 14.3 Å². The van der Waals surface area contributed by atoms with Gasteiger partial charge in [-0.25, -0.2) is 14.4 Å². The molecule has 3 fully saturated rings. The molecule has 0 saturated heterocycles. The topological polar surface area (TPSA) is 66.3 Å². The van der Waals surface area contributed by atoms with Crippen LogP contribution in [0.25, 0.3) is 6.08 Å². The molecule has 0 bridgehead atoms. The first kappa shape index (κ1) is 19.9. The molecule has 3 saturated carbocycles. The molecule has 7 atom stereocenters. The van der Waals surface area contributed by atoms with Crippen molar-refractivity contribution in [3.63, 3.8) is 0 Å². The molecule has 1 aromatic rings. The maximum Gasteiger partial charge on any atom is 0.282 e. The minimum atomic E-state index is -0.610. The highest BCUT2D eigenvalue weighted by atomic mass is 19.1. The number of nitrogens with zero attached hydrogens (tertiary/aromatic N) is 3. The number of aliphatic hydroxyl groups is 1. The summed E-state index contributed by atoms with van der Waals surface area (Å²) in [6.45, 7) is 4.37. The quantitative estimate of drug-likeness (QED) is 0.764. The van der Waals surface area contributed by atoms with Gasteiger partial charge in [-0.2, -0.15) is 0 Å². The Morgan fingerprint density at radius 1 is 1.20 bits per heavy atom. The van der Waals surface area contributed by atoms with E-state index in [1.165, 1.54) is 6.33 Å². The number of likely N-dealkylation sites (N-methyl/N-ethyl adjacent to an activating group) is 1. The minimum absolute atomic E-state index is 0.0536. The molecule has 6 heteroatoms. The van der Waals surface area contributed by atoms with Gasteiger partial charge in [-0.05, 0) is 61.5 Å². The van der Waals surface area contributed by atoms with Gasteiger partial charge < -0.3 is 10.0 Å². The minimum Gasteiger partial charge on any atom is -0.388 e. The predicted octanol–water partition coefficient (Wildman–Crippen LogP) is 3.77. The fraction of sp³-hybridized carbons (Fsp3) is 0.625. The Labute approximate surface area is 177 Å². The van der Waals surface area contributed by atoms with E-state index in [1.807, 2.05) is 6.08 Å². The number of carbonyl (C=O) groups is 1. The first-order valence-corrected chi connectivity index (χ1v) is 11.0. The lowest BCUT2D eigenvalue weighted by Gasteiger charge is -2.59. The van der Waals surface area contributed by atoms with Crippen molar-refractivity contribution in [2.75, 3.05) is 7.05 Å². The van der Waals surface area contributed by atoms with Crippen LogP contribution in [0.2, 0.25) is 0 Å². The fourth-order valence-corrected chi connectivity index (χ4v) is 7.43. The standard InChI is InChI=1S/C24H30FN3O2/c1-23-7-6-17-16(4-5-20-24(17,2)10-19(25)22(30)28(20)3)18(23)9-15(21(23)29)8-14-11-26-13-27-12-14/h8,10-13,16-18,20-21,29H,4-7,9H2,1-3H3/b15-8+/t16-,17+,18+,20-,21+,23+,24-/m1/s1. The van der Waals surface area contributed by atoms with Gasteiger partial charge in [0.2, 0.25) is 0 Å². The molecule has 1 amide bonds. The molecule has 5 rings (SSSR count). The van der Waals surface area contributed by atoms with Crippen LogP contribution in [0.3, 0.4) is 0 Å². The van der Waals surface area contributed by atoms with Crippen molar-refractivity contribution in [1.82, 2.24) is 14.9 Å². The second-order valence-corrected chi connectivity index (χ2v) is 10.3. The lowest BCUT2D eigenvalue weighted by Crippen LogP contribution is -2.60. The number of aliphatic hydroxyl groups excluding tert-OH is 1. The third-order valence-electron chi connectivity index (χ3n) is 8.96. The molecule has 0 unspecified atom stereocenters. The molecule has 2 heterocycles. The molecule has 5 nitrogen and oxygen atoms in total. The van der Waals surface area contributed by atoms with Crippen LogP contribution < -0.4 is 0 Å². The Balaban J connectivity index is 1.49. The average molecular weight is 412 g/mol. The smallest absolute Gasteiger partial charge is 0.282 e. The van der Waals surface area contributed by atoms with Gasteiger partial charge in [0.15, 0.2) is 5.83 Å². The second kappa shape index (κ2) is 6.71. The molecule has 1 aliphatic heterocycles. The number of hydrogen-bond acceptors (Lipinski definition) is 4. The van der Waals surface area contributed by atoms with E-state index in [1.54, 1.807) is 30.4 Å². The zero-order chi connectivity index (χ0) is 21.3. The van der Waals surface area contributed by atoms with Crippen molar-refractivity contribution in [3.05, 3.63) is 41.8 Å². The Morgan fingerprint density at radius 3 is 2.67 bits per heavy atom. The summed E-state index contributed by atoms with van der Waals surface area (Å²) in [4.78, 5) is 22.0. The molecule has 160 valence electrons. The lowest BCUT2D eigenvalue weighted by atomic mass is 9.48. The van der Waals surface area contributed by atoms with Crippen LogP contribution >= 0.6 is 0 Å². The number of carbonyl (C=O) groups excluding carboxylic acids is 1. The zero-order valence-electron chi connectivity index (χ0n) is 17.9. The summed E-state index contributed by atoms with van der Waals surface area (Å²) in [5.41, 5.74) is 1.47. The van der Waals surface area contributed by atoms with Crippen molar-refractivity contribution in [2.24, 2.45) is 28.6 Å². The van der Waals surface area contributed by atoms with Crippen LogP contribution in [0.4, 0.5) is 4.39 Å². The summed E-state index contributed by atoms with van der Waals surface area (Å²) in [5.74, 6) is 0.00859. The van der Waals surface area contributed by atoms with E-state index < -0.39 is 17.8 Å². The Kier molecular flexibility index (Phi) is 4.44. The van der Waals surface area contributed by atoms with Crippen LogP contribution in [-0.4, -0.2) is 45.1 Å². The first-order valence-electron chi connectivity index (χ1n) is 11.0. The zero-order valence-corrected chi connectivity index (χ0v) is 17.9. The molecule has 0 spiro atoms. The van der Waals surface area contributed by atoms with Crippen LogP contribution in [0, 0.1) is 28.6 Å². The monoisotopic (exact) mass is 411 g/mol. The number of fused-ring (bicyclic) bond motifs is 5. The molecule has 3 aliphatic carbocycles. The van der Waals surface area contributed by atoms with Gasteiger partial charge in [0, 0.05) is 41.9 Å². The number of aromatic nitrogens is 2. The van der Waals surface area contributed by atoms with Gasteiger partial charge in [0.25, 0.3) is 5.91 Å². The van der Waals surface area contributed by atoms with Gasteiger partial charge in [0.1, 0.15) is 6.33 Å². The largest absolute Gasteiger partial charge is 0.388 e. The van der Waals surface area contributed by atoms with E-state index in [0.717, 1.165) is 43.2 Å². The van der Waals surface area contributed by atoms with E-state index in [2.05, 4.69) is 23.8 Å². The highest BCUT2D eigenvalue weighted by Gasteiger charge is 2.61. The van der Waals surface area contributed by atoms with Gasteiger partial charge in [-0.15, -0.1) is 0 Å². The van der Waals surface area contributed by atoms with Gasteiger partial charge in [-0.3, -0.25) is 4.79 Å². The van der Waals surface area contributed by atoms with E-state index in [-0.39, 0.29) is 16.9 Å². The van der Waals surface area contributed by atoms with Crippen molar-refractivity contribution in [3.8, 4) is 0 Å². The van der Waals surface area contributed by atoms with Gasteiger partial charge >= 0.3 is 0 Å². The molecule has 1 aromatic heterocycles. The lowest BCUT2D eigenvalue weighted by molar-refractivity contribution is -0.143. The Morgan fingerprint density at radius 2 is 1.93 bits per heavy atom. The normalized spacial score (nSPS) is 44.4. The van der Waals surface area contributed by atoms with Crippen LogP contribution in [0.5, 0.6) is 0 Å². The van der Waals surface area contributed by atoms with Crippen LogP contribution in [0.15, 0.2) is 36.2 Å². The fourth-order valence-electron chi connectivity index (χ4n) is 7.43. The second-order valence-electron chi connectivity index (χ2n) is 10.3. The third kappa shape index (κ3) is 2.65. The Bertz CT molecular complexity index is 932. The number of halogens is 1. The van der Waals surface area contributed by atoms with Gasteiger partial charge in [0.05, 0.1) is 6.10 Å². The van der Waals surface area contributed by atoms with E-state index in [4.69, 9.17) is 0 Å². The van der Waals surface area contributed by atoms with Crippen molar-refractivity contribution in [1.29, 1.82) is 0 Å². The number of hydrogen-bond donors (Lipinski definition) is 1. The van der Waals surface area contributed by atoms with E-state index >= 15 is 0 Å². The van der Waals surface area contributed by atoms with Gasteiger partial charge in [-0.1, -0.05) is 19.9 Å². The predicted molar refractivity (Wildman–Crippen MR) is 112 cm³/mol. The summed E-state index contributed by atoms with van der Waals surface area (Å²) < 4.78 is 14.5. The summed E-state index contributed by atoms with van der Waals surface area (Å²) in [6.07, 6.45) is 12.9. The summed E-state index contributed by atoms with van der Waals surface area (Å²) in [5, 5.41) is 11.3. The maximum absolute atomic E-state index is 14.5. The third-order valence-corrected chi connectivity index (χ3v) is 8.96. The van der Waals surface area contributed by atoms with Crippen molar-refractivity contribution >= 4 is 12.0 Å². The molecule has 0 radical (unpaired) electrons. The molecule has 30 heavy (non-hydrogen) atoms. The summed E-state index contributed by atoms with van der Waals surface area (Å²) in [7, 11) is 1.74. The first-order chi connectivity index (χ1) is 14.3. The molecule has 4 aliphatic rings. The highest BCUT2D eigenvalue weighted by molar-refractivity contribution is 5.92. The average Bonchev–Trinajstić information content (AvgIpc) is 2.98. The molecule has 1 N–H and O–H groups in total.